The third-order valence-corrected chi connectivity index (χ3v) is 2.64. The Labute approximate surface area is 104 Å². The average Bonchev–Trinajstić information content (AvgIpc) is 2.27. The Bertz CT molecular complexity index is 430. The molecule has 18 heavy (non-hydrogen) atoms. The number of benzene rings is 1. The molecule has 0 amide bonds. The second kappa shape index (κ2) is 6.33. The summed E-state index contributed by atoms with van der Waals surface area (Å²) in [5, 5.41) is 8.55. The number of ether oxygens (including phenoxy) is 1. The van der Waals surface area contributed by atoms with Crippen LogP contribution >= 0.6 is 0 Å². The van der Waals surface area contributed by atoms with Crippen molar-refractivity contribution in [1.29, 1.82) is 0 Å². The van der Waals surface area contributed by atoms with Crippen LogP contribution in [-0.2, 0) is 11.2 Å². The van der Waals surface area contributed by atoms with E-state index in [-0.39, 0.29) is 17.7 Å². The molecule has 0 heterocycles. The minimum Gasteiger partial charge on any atom is -0.493 e. The Hall–Kier alpha value is -1.65. The Morgan fingerprint density at radius 1 is 1.50 bits per heavy atom. The second-order valence-corrected chi connectivity index (χ2v) is 4.06. The van der Waals surface area contributed by atoms with Crippen LogP contribution in [0.5, 0.6) is 5.75 Å². The lowest BCUT2D eigenvalue weighted by molar-refractivity contribution is -0.137. The maximum Gasteiger partial charge on any atom is 0.303 e. The number of aryl methyl sites for hydroxylation is 1. The fourth-order valence-electron chi connectivity index (χ4n) is 1.75. The van der Waals surface area contributed by atoms with E-state index in [1.54, 1.807) is 0 Å². The van der Waals surface area contributed by atoms with E-state index in [0.29, 0.717) is 18.4 Å². The molecule has 1 aromatic rings. The minimum absolute atomic E-state index is 0.0137. The highest BCUT2D eigenvalue weighted by atomic mass is 19.1. The molecule has 0 radical (unpaired) electrons. The summed E-state index contributed by atoms with van der Waals surface area (Å²) in [5.41, 5.74) is 0.733. The van der Waals surface area contributed by atoms with Crippen LogP contribution in [0.2, 0.25) is 0 Å². The molecule has 0 saturated carbocycles. The molecular weight excluding hydrogens is 242 g/mol. The molecule has 0 aliphatic carbocycles. The Morgan fingerprint density at radius 2 is 2.17 bits per heavy atom. The SMILES string of the molecule is COc1c(F)cc(C(C)F)cc1CCCC(=O)O. The fourth-order valence-corrected chi connectivity index (χ4v) is 1.75. The molecule has 1 atom stereocenters. The Balaban J connectivity index is 2.95. The summed E-state index contributed by atoms with van der Waals surface area (Å²) < 4.78 is 31.8. The number of hydrogen-bond acceptors (Lipinski definition) is 2. The number of aliphatic carboxylic acids is 1. The summed E-state index contributed by atoms with van der Waals surface area (Å²) in [6.45, 7) is 1.32. The minimum atomic E-state index is -1.27. The highest BCUT2D eigenvalue weighted by Gasteiger charge is 2.14. The zero-order valence-corrected chi connectivity index (χ0v) is 10.4. The normalized spacial score (nSPS) is 12.2. The van der Waals surface area contributed by atoms with Gasteiger partial charge in [0, 0.05) is 6.42 Å². The lowest BCUT2D eigenvalue weighted by atomic mass is 10.0. The topological polar surface area (TPSA) is 46.5 Å². The molecule has 0 fully saturated rings. The first-order chi connectivity index (χ1) is 8.45. The molecule has 0 aliphatic heterocycles. The molecule has 5 heteroatoms. The van der Waals surface area contributed by atoms with Crippen molar-refractivity contribution in [2.24, 2.45) is 0 Å². The molecule has 0 aliphatic rings. The van der Waals surface area contributed by atoms with Crippen molar-refractivity contribution in [2.75, 3.05) is 7.11 Å². The Kier molecular flexibility index (Phi) is 5.07. The average molecular weight is 258 g/mol. The standard InChI is InChI=1S/C13H16F2O3/c1-8(14)10-6-9(4-3-5-12(16)17)13(18-2)11(15)7-10/h6-8H,3-5H2,1-2H3,(H,16,17). The maximum atomic E-state index is 13.6. The zero-order valence-electron chi connectivity index (χ0n) is 10.4. The van der Waals surface area contributed by atoms with Gasteiger partial charge in [0.25, 0.3) is 0 Å². The Morgan fingerprint density at radius 3 is 2.67 bits per heavy atom. The summed E-state index contributed by atoms with van der Waals surface area (Å²) in [4.78, 5) is 10.4. The van der Waals surface area contributed by atoms with E-state index in [1.807, 2.05) is 0 Å². The van der Waals surface area contributed by atoms with Gasteiger partial charge in [0.15, 0.2) is 11.6 Å². The number of halogens is 2. The monoisotopic (exact) mass is 258 g/mol. The van der Waals surface area contributed by atoms with Crippen molar-refractivity contribution in [3.8, 4) is 5.75 Å². The van der Waals surface area contributed by atoms with Gasteiger partial charge >= 0.3 is 5.97 Å². The van der Waals surface area contributed by atoms with Crippen LogP contribution in [0.15, 0.2) is 12.1 Å². The van der Waals surface area contributed by atoms with Gasteiger partial charge in [-0.15, -0.1) is 0 Å². The predicted molar refractivity (Wildman–Crippen MR) is 63.0 cm³/mol. The van der Waals surface area contributed by atoms with Crippen LogP contribution in [0.4, 0.5) is 8.78 Å². The number of rotatable bonds is 6. The van der Waals surface area contributed by atoms with Crippen molar-refractivity contribution >= 4 is 5.97 Å². The van der Waals surface area contributed by atoms with Gasteiger partial charge in [-0.25, -0.2) is 8.78 Å². The first-order valence-electron chi connectivity index (χ1n) is 5.68. The molecule has 1 rings (SSSR count). The molecule has 0 spiro atoms. The number of carbonyl (C=O) groups is 1. The molecule has 1 N–H and O–H groups in total. The zero-order chi connectivity index (χ0) is 13.7. The van der Waals surface area contributed by atoms with E-state index in [1.165, 1.54) is 20.1 Å². The van der Waals surface area contributed by atoms with E-state index in [9.17, 15) is 13.6 Å². The lowest BCUT2D eigenvalue weighted by Crippen LogP contribution is -2.01. The van der Waals surface area contributed by atoms with Crippen molar-refractivity contribution in [2.45, 2.75) is 32.4 Å². The van der Waals surface area contributed by atoms with E-state index in [2.05, 4.69) is 0 Å². The molecule has 1 aromatic carbocycles. The van der Waals surface area contributed by atoms with Crippen LogP contribution in [0.25, 0.3) is 0 Å². The predicted octanol–water partition coefficient (Wildman–Crippen LogP) is 3.27. The fraction of sp³-hybridized carbons (Fsp3) is 0.462. The highest BCUT2D eigenvalue weighted by molar-refractivity contribution is 5.66. The third kappa shape index (κ3) is 3.68. The molecule has 0 bridgehead atoms. The van der Waals surface area contributed by atoms with Gasteiger partial charge in [-0.2, -0.15) is 0 Å². The van der Waals surface area contributed by atoms with Gasteiger partial charge in [0.05, 0.1) is 7.11 Å². The van der Waals surface area contributed by atoms with Crippen LogP contribution < -0.4 is 4.74 Å². The molecule has 0 aromatic heterocycles. The second-order valence-electron chi connectivity index (χ2n) is 4.06. The summed E-state index contributed by atoms with van der Waals surface area (Å²) in [7, 11) is 1.33. The van der Waals surface area contributed by atoms with Gasteiger partial charge in [-0.3, -0.25) is 4.79 Å². The van der Waals surface area contributed by atoms with Gasteiger partial charge in [-0.1, -0.05) is 0 Å². The molecule has 0 saturated heterocycles. The van der Waals surface area contributed by atoms with Crippen molar-refractivity contribution < 1.29 is 23.4 Å². The molecule has 100 valence electrons. The van der Waals surface area contributed by atoms with E-state index in [4.69, 9.17) is 9.84 Å². The number of alkyl halides is 1. The summed E-state index contributed by atoms with van der Waals surface area (Å²) in [6, 6.07) is 2.62. The number of methoxy groups -OCH3 is 1. The van der Waals surface area contributed by atoms with Gasteiger partial charge in [0.2, 0.25) is 0 Å². The number of hydrogen-bond donors (Lipinski definition) is 1. The summed E-state index contributed by atoms with van der Waals surface area (Å²) >= 11 is 0. The smallest absolute Gasteiger partial charge is 0.303 e. The maximum absolute atomic E-state index is 13.6. The van der Waals surface area contributed by atoms with Gasteiger partial charge < -0.3 is 9.84 Å². The quantitative estimate of drug-likeness (QED) is 0.851. The molecular formula is C13H16F2O3. The van der Waals surface area contributed by atoms with Crippen molar-refractivity contribution in [3.63, 3.8) is 0 Å². The lowest BCUT2D eigenvalue weighted by Gasteiger charge is -2.12. The molecule has 3 nitrogen and oxygen atoms in total. The van der Waals surface area contributed by atoms with E-state index < -0.39 is 18.0 Å². The van der Waals surface area contributed by atoms with Crippen LogP contribution in [-0.4, -0.2) is 18.2 Å². The highest BCUT2D eigenvalue weighted by Crippen LogP contribution is 2.29. The van der Waals surface area contributed by atoms with E-state index >= 15 is 0 Å². The van der Waals surface area contributed by atoms with Crippen molar-refractivity contribution in [1.82, 2.24) is 0 Å². The summed E-state index contributed by atoms with van der Waals surface area (Å²) in [5.74, 6) is -1.47. The van der Waals surface area contributed by atoms with Crippen molar-refractivity contribution in [3.05, 3.63) is 29.1 Å². The first kappa shape index (κ1) is 14.4. The van der Waals surface area contributed by atoms with Gasteiger partial charge in [-0.05, 0) is 43.0 Å². The largest absolute Gasteiger partial charge is 0.493 e. The number of carboxylic acids is 1. The summed E-state index contributed by atoms with van der Waals surface area (Å²) in [6.07, 6.45) is -0.591. The van der Waals surface area contributed by atoms with Gasteiger partial charge in [0.1, 0.15) is 6.17 Å². The van der Waals surface area contributed by atoms with Crippen LogP contribution in [0.1, 0.15) is 37.1 Å². The molecule has 1 unspecified atom stereocenters. The third-order valence-electron chi connectivity index (χ3n) is 2.64. The van der Waals surface area contributed by atoms with Crippen LogP contribution in [0.3, 0.4) is 0 Å². The van der Waals surface area contributed by atoms with Crippen LogP contribution in [0, 0.1) is 5.82 Å². The first-order valence-corrected chi connectivity index (χ1v) is 5.68. The number of carboxylic acid groups (broad SMARTS) is 1. The van der Waals surface area contributed by atoms with E-state index in [0.717, 1.165) is 6.07 Å².